The third kappa shape index (κ3) is 4.95. The van der Waals surface area contributed by atoms with Gasteiger partial charge in [-0.1, -0.05) is 12.1 Å². The van der Waals surface area contributed by atoms with Crippen LogP contribution in [0.1, 0.15) is 24.7 Å². The fourth-order valence-electron chi connectivity index (χ4n) is 3.94. The molecule has 1 fully saturated rings. The fraction of sp³-hybridized carbons (Fsp3) is 0.280. The lowest BCUT2D eigenvalue weighted by Gasteiger charge is -2.28. The van der Waals surface area contributed by atoms with Crippen molar-refractivity contribution < 1.29 is 9.53 Å². The molecule has 170 valence electrons. The van der Waals surface area contributed by atoms with E-state index in [2.05, 4.69) is 26.8 Å². The van der Waals surface area contributed by atoms with E-state index in [0.29, 0.717) is 41.5 Å². The van der Waals surface area contributed by atoms with E-state index in [1.165, 1.54) is 0 Å². The summed E-state index contributed by atoms with van der Waals surface area (Å²) < 4.78 is 5.21. The Morgan fingerprint density at radius 3 is 2.30 bits per heavy atom. The molecular formula is C25H28N6O2. The number of pyridine rings is 3. The van der Waals surface area contributed by atoms with E-state index in [-0.39, 0.29) is 11.9 Å². The molecule has 0 bridgehead atoms. The quantitative estimate of drug-likeness (QED) is 0.604. The molecule has 2 N–H and O–H groups in total. The predicted octanol–water partition coefficient (Wildman–Crippen LogP) is 2.83. The number of amides is 1. The van der Waals surface area contributed by atoms with Crippen molar-refractivity contribution in [2.24, 2.45) is 5.73 Å². The second-order valence-electron chi connectivity index (χ2n) is 7.90. The number of anilines is 1. The molecule has 3 aromatic heterocycles. The Labute approximate surface area is 193 Å². The maximum Gasteiger partial charge on any atom is 0.258 e. The van der Waals surface area contributed by atoms with Crippen LogP contribution in [0.3, 0.4) is 0 Å². The summed E-state index contributed by atoms with van der Waals surface area (Å²) in [7, 11) is 1.62. The normalized spacial score (nSPS) is 17.2. The van der Waals surface area contributed by atoms with Gasteiger partial charge in [-0.3, -0.25) is 14.8 Å². The summed E-state index contributed by atoms with van der Waals surface area (Å²) in [5.41, 5.74) is 8.29. The van der Waals surface area contributed by atoms with Gasteiger partial charge in [0, 0.05) is 38.1 Å². The summed E-state index contributed by atoms with van der Waals surface area (Å²) in [4.78, 5) is 31.2. The van der Waals surface area contributed by atoms with Gasteiger partial charge < -0.3 is 20.3 Å². The van der Waals surface area contributed by atoms with Crippen molar-refractivity contribution in [3.63, 3.8) is 0 Å². The molecule has 33 heavy (non-hydrogen) atoms. The summed E-state index contributed by atoms with van der Waals surface area (Å²) in [5, 5.41) is 0. The average molecular weight is 445 g/mol. The Kier molecular flexibility index (Phi) is 6.83. The van der Waals surface area contributed by atoms with Gasteiger partial charge >= 0.3 is 0 Å². The van der Waals surface area contributed by atoms with Crippen LogP contribution in [0.4, 0.5) is 5.82 Å². The molecule has 1 saturated heterocycles. The molecule has 0 aliphatic carbocycles. The van der Waals surface area contributed by atoms with Crippen molar-refractivity contribution in [2.75, 3.05) is 31.6 Å². The van der Waals surface area contributed by atoms with Crippen molar-refractivity contribution in [1.29, 1.82) is 0 Å². The monoisotopic (exact) mass is 444 g/mol. The number of nitrogens with zero attached hydrogens (tertiary/aromatic N) is 5. The first-order valence-corrected chi connectivity index (χ1v) is 11.0. The highest BCUT2D eigenvalue weighted by molar-refractivity contribution is 6.25. The molecule has 4 rings (SSSR count). The number of carbonyl (C=O) groups is 1. The molecule has 1 aliphatic heterocycles. The van der Waals surface area contributed by atoms with Gasteiger partial charge in [-0.15, -0.1) is 0 Å². The zero-order chi connectivity index (χ0) is 23.2. The van der Waals surface area contributed by atoms with Crippen LogP contribution in [-0.2, 0) is 4.79 Å². The summed E-state index contributed by atoms with van der Waals surface area (Å²) >= 11 is 0. The lowest BCUT2D eigenvalue weighted by molar-refractivity contribution is -0.126. The molecule has 1 aliphatic rings. The van der Waals surface area contributed by atoms with Crippen LogP contribution in [0.2, 0.25) is 0 Å². The topological polar surface area (TPSA) is 97.5 Å². The van der Waals surface area contributed by atoms with Crippen LogP contribution >= 0.6 is 0 Å². The molecule has 0 aromatic carbocycles. The van der Waals surface area contributed by atoms with Gasteiger partial charge in [0.2, 0.25) is 0 Å². The molecular weight excluding hydrogens is 416 g/mol. The summed E-state index contributed by atoms with van der Waals surface area (Å²) in [6.45, 7) is 4.06. The van der Waals surface area contributed by atoms with Gasteiger partial charge in [0.05, 0.1) is 36.0 Å². The first kappa shape index (κ1) is 22.3. The third-order valence-electron chi connectivity index (χ3n) is 5.85. The number of nitrogens with two attached hydrogens (primary N) is 1. The number of ether oxygens (including phenoxy) is 1. The lowest BCUT2D eigenvalue weighted by Crippen LogP contribution is -2.41. The van der Waals surface area contributed by atoms with Gasteiger partial charge in [0.1, 0.15) is 11.6 Å². The SMILES string of the molecule is COc1ccc(N2CC[C@@H](C)N(C(=O)/C(=C(/N)c3ccccn3)c3ccccn3)CC2)nc1. The minimum Gasteiger partial charge on any atom is -0.495 e. The second kappa shape index (κ2) is 10.1. The Bertz CT molecular complexity index is 1100. The van der Waals surface area contributed by atoms with Crippen LogP contribution in [0.5, 0.6) is 5.75 Å². The van der Waals surface area contributed by atoms with Crippen molar-refractivity contribution in [3.05, 3.63) is 78.5 Å². The number of carbonyl (C=O) groups excluding carboxylic acids is 1. The largest absolute Gasteiger partial charge is 0.495 e. The highest BCUT2D eigenvalue weighted by Crippen LogP contribution is 2.26. The molecule has 1 atom stereocenters. The summed E-state index contributed by atoms with van der Waals surface area (Å²) in [6.07, 6.45) is 5.84. The number of rotatable bonds is 5. The van der Waals surface area contributed by atoms with E-state index in [4.69, 9.17) is 10.5 Å². The smallest absolute Gasteiger partial charge is 0.258 e. The molecule has 4 heterocycles. The van der Waals surface area contributed by atoms with Crippen molar-refractivity contribution in [1.82, 2.24) is 19.9 Å². The van der Waals surface area contributed by atoms with Crippen LogP contribution in [-0.4, -0.2) is 58.5 Å². The van der Waals surface area contributed by atoms with Crippen LogP contribution < -0.4 is 15.4 Å². The molecule has 1 amide bonds. The number of methoxy groups -OCH3 is 1. The Morgan fingerprint density at radius 1 is 0.970 bits per heavy atom. The van der Waals surface area contributed by atoms with Gasteiger partial charge in [0.25, 0.3) is 5.91 Å². The molecule has 8 heteroatoms. The molecule has 0 spiro atoms. The second-order valence-corrected chi connectivity index (χ2v) is 7.90. The maximum absolute atomic E-state index is 13.9. The number of hydrogen-bond donors (Lipinski definition) is 1. The van der Waals surface area contributed by atoms with Gasteiger partial charge in [0.15, 0.2) is 0 Å². The van der Waals surface area contributed by atoms with E-state index < -0.39 is 0 Å². The van der Waals surface area contributed by atoms with Crippen LogP contribution in [0, 0.1) is 0 Å². The third-order valence-corrected chi connectivity index (χ3v) is 5.85. The zero-order valence-corrected chi connectivity index (χ0v) is 18.9. The minimum atomic E-state index is -0.145. The molecule has 8 nitrogen and oxygen atoms in total. The fourth-order valence-corrected chi connectivity index (χ4v) is 3.94. The van der Waals surface area contributed by atoms with Crippen LogP contribution in [0.25, 0.3) is 11.3 Å². The van der Waals surface area contributed by atoms with Crippen molar-refractivity contribution in [2.45, 2.75) is 19.4 Å². The Balaban J connectivity index is 1.63. The molecule has 0 saturated carbocycles. The van der Waals surface area contributed by atoms with Crippen LogP contribution in [0.15, 0.2) is 67.1 Å². The first-order chi connectivity index (χ1) is 16.1. The molecule has 0 radical (unpaired) electrons. The number of hydrogen-bond acceptors (Lipinski definition) is 7. The molecule has 3 aromatic rings. The van der Waals surface area contributed by atoms with E-state index in [0.717, 1.165) is 18.8 Å². The first-order valence-electron chi connectivity index (χ1n) is 11.0. The average Bonchev–Trinajstić information content (AvgIpc) is 3.07. The summed E-state index contributed by atoms with van der Waals surface area (Å²) in [5.74, 6) is 1.44. The lowest BCUT2D eigenvalue weighted by atomic mass is 10.0. The predicted molar refractivity (Wildman–Crippen MR) is 128 cm³/mol. The molecule has 0 unspecified atom stereocenters. The van der Waals surface area contributed by atoms with Gasteiger partial charge in [-0.25, -0.2) is 4.98 Å². The Hall–Kier alpha value is -3.94. The highest BCUT2D eigenvalue weighted by atomic mass is 16.5. The van der Waals surface area contributed by atoms with E-state index >= 15 is 0 Å². The van der Waals surface area contributed by atoms with E-state index in [9.17, 15) is 4.79 Å². The number of aromatic nitrogens is 3. The van der Waals surface area contributed by atoms with Gasteiger partial charge in [-0.05, 0) is 49.7 Å². The van der Waals surface area contributed by atoms with Crippen molar-refractivity contribution in [3.8, 4) is 5.75 Å². The standard InChI is InChI=1S/C25H28N6O2/c1-18-11-14-30(22-10-9-19(33-2)17-29-22)15-16-31(18)25(32)23(20-7-3-5-12-27-20)24(26)21-8-4-6-13-28-21/h3-10,12-13,17-18H,11,14-16,26H2,1-2H3/b24-23+/t18-/m1/s1. The Morgan fingerprint density at radius 2 is 1.70 bits per heavy atom. The van der Waals surface area contributed by atoms with Crippen molar-refractivity contribution >= 4 is 23.0 Å². The van der Waals surface area contributed by atoms with E-state index in [1.807, 2.05) is 41.3 Å². The minimum absolute atomic E-state index is 0.0241. The van der Waals surface area contributed by atoms with Gasteiger partial charge in [-0.2, -0.15) is 0 Å². The van der Waals surface area contributed by atoms with E-state index in [1.54, 1.807) is 37.8 Å². The summed E-state index contributed by atoms with van der Waals surface area (Å²) in [6, 6.07) is 14.8. The zero-order valence-electron chi connectivity index (χ0n) is 18.9. The maximum atomic E-state index is 13.9. The highest BCUT2D eigenvalue weighted by Gasteiger charge is 2.30.